The van der Waals surface area contributed by atoms with E-state index in [-0.39, 0.29) is 16.9 Å². The second-order valence-electron chi connectivity index (χ2n) is 6.06. The number of phenols is 1. The third kappa shape index (κ3) is 3.28. The standard InChI is InChI=1S/C21H15N3O3/c25-19-11-14-6-2-1-5-13(14)10-17(19)21(27)24-22-12-16-9-15-7-3-4-8-18(15)23-20(16)26/h1-12,25H,(H,23,26)(H,24,27)/b22-12-. The number of H-pyrrole nitrogens is 1. The van der Waals surface area contributed by atoms with Crippen LogP contribution in [0.3, 0.4) is 0 Å². The Kier molecular flexibility index (Phi) is 4.14. The van der Waals surface area contributed by atoms with Gasteiger partial charge in [-0.05, 0) is 40.4 Å². The number of pyridine rings is 1. The average molecular weight is 357 g/mol. The number of aromatic amines is 1. The quantitative estimate of drug-likeness (QED) is 0.388. The number of aromatic hydroxyl groups is 1. The fourth-order valence-corrected chi connectivity index (χ4v) is 2.89. The zero-order valence-electron chi connectivity index (χ0n) is 14.1. The second kappa shape index (κ2) is 6.76. The minimum atomic E-state index is -0.563. The van der Waals surface area contributed by atoms with Crippen molar-refractivity contribution in [2.75, 3.05) is 0 Å². The van der Waals surface area contributed by atoms with Crippen molar-refractivity contribution in [3.63, 3.8) is 0 Å². The summed E-state index contributed by atoms with van der Waals surface area (Å²) < 4.78 is 0. The molecule has 0 fully saturated rings. The van der Waals surface area contributed by atoms with Gasteiger partial charge in [-0.25, -0.2) is 5.43 Å². The zero-order valence-corrected chi connectivity index (χ0v) is 14.1. The van der Waals surface area contributed by atoms with E-state index < -0.39 is 5.91 Å². The molecule has 0 atom stereocenters. The number of aromatic nitrogens is 1. The summed E-state index contributed by atoms with van der Waals surface area (Å²) in [6.45, 7) is 0. The van der Waals surface area contributed by atoms with Crippen LogP contribution in [-0.2, 0) is 0 Å². The lowest BCUT2D eigenvalue weighted by Gasteiger charge is -2.05. The lowest BCUT2D eigenvalue weighted by Crippen LogP contribution is -2.19. The van der Waals surface area contributed by atoms with Crippen LogP contribution in [-0.4, -0.2) is 22.2 Å². The van der Waals surface area contributed by atoms with E-state index >= 15 is 0 Å². The van der Waals surface area contributed by atoms with Crippen LogP contribution in [0.1, 0.15) is 15.9 Å². The van der Waals surface area contributed by atoms with Gasteiger partial charge in [0.2, 0.25) is 0 Å². The summed E-state index contributed by atoms with van der Waals surface area (Å²) in [5.74, 6) is -0.698. The maximum absolute atomic E-state index is 12.3. The van der Waals surface area contributed by atoms with E-state index in [1.54, 1.807) is 12.1 Å². The van der Waals surface area contributed by atoms with E-state index in [9.17, 15) is 14.7 Å². The SMILES string of the molecule is O=C(N/N=C\c1cc2ccccc2[nH]c1=O)c1cc2ccccc2cc1O. The Bertz CT molecular complexity index is 1260. The monoisotopic (exact) mass is 357 g/mol. The van der Waals surface area contributed by atoms with Crippen LogP contribution < -0.4 is 11.0 Å². The zero-order chi connectivity index (χ0) is 18.8. The van der Waals surface area contributed by atoms with Crippen molar-refractivity contribution in [2.45, 2.75) is 0 Å². The number of hydrogen-bond acceptors (Lipinski definition) is 4. The minimum Gasteiger partial charge on any atom is -0.507 e. The van der Waals surface area contributed by atoms with E-state index in [2.05, 4.69) is 15.5 Å². The smallest absolute Gasteiger partial charge is 0.275 e. The van der Waals surface area contributed by atoms with Crippen LogP contribution in [0.2, 0.25) is 0 Å². The highest BCUT2D eigenvalue weighted by atomic mass is 16.3. The van der Waals surface area contributed by atoms with Crippen LogP contribution in [0.15, 0.2) is 76.6 Å². The minimum absolute atomic E-state index is 0.110. The maximum Gasteiger partial charge on any atom is 0.275 e. The van der Waals surface area contributed by atoms with Crippen LogP contribution in [0.5, 0.6) is 5.75 Å². The summed E-state index contributed by atoms with van der Waals surface area (Å²) in [7, 11) is 0. The molecule has 27 heavy (non-hydrogen) atoms. The number of amides is 1. The molecule has 0 aliphatic rings. The molecule has 132 valence electrons. The van der Waals surface area contributed by atoms with Gasteiger partial charge in [-0.15, -0.1) is 0 Å². The van der Waals surface area contributed by atoms with Gasteiger partial charge in [-0.1, -0.05) is 42.5 Å². The van der Waals surface area contributed by atoms with Gasteiger partial charge in [0.1, 0.15) is 5.75 Å². The molecule has 0 radical (unpaired) electrons. The number of hydrazone groups is 1. The van der Waals surface area contributed by atoms with Crippen LogP contribution in [0, 0.1) is 0 Å². The molecule has 1 heterocycles. The Morgan fingerprint density at radius 2 is 1.63 bits per heavy atom. The Morgan fingerprint density at radius 3 is 2.41 bits per heavy atom. The van der Waals surface area contributed by atoms with Crippen molar-refractivity contribution >= 4 is 33.8 Å². The molecule has 4 aromatic rings. The molecule has 1 aromatic heterocycles. The first kappa shape index (κ1) is 16.5. The summed E-state index contributed by atoms with van der Waals surface area (Å²) in [5, 5.41) is 16.5. The molecule has 4 rings (SSSR count). The Labute approximate surface area is 153 Å². The molecular weight excluding hydrogens is 342 g/mol. The molecule has 0 saturated carbocycles. The predicted octanol–water partition coefficient (Wildman–Crippen LogP) is 3.15. The normalized spacial score (nSPS) is 11.3. The summed E-state index contributed by atoms with van der Waals surface area (Å²) in [5.41, 5.74) is 3.19. The first-order valence-corrected chi connectivity index (χ1v) is 8.29. The molecule has 0 spiro atoms. The fraction of sp³-hybridized carbons (Fsp3) is 0. The van der Waals surface area contributed by atoms with Gasteiger partial charge < -0.3 is 10.1 Å². The molecule has 0 saturated heterocycles. The number of nitrogens with one attached hydrogen (secondary N) is 2. The number of carbonyl (C=O) groups is 1. The van der Waals surface area contributed by atoms with Gasteiger partial charge in [0.05, 0.1) is 17.3 Å². The first-order chi connectivity index (χ1) is 13.1. The molecule has 0 bridgehead atoms. The van der Waals surface area contributed by atoms with E-state index in [1.165, 1.54) is 12.3 Å². The highest BCUT2D eigenvalue weighted by Gasteiger charge is 2.11. The van der Waals surface area contributed by atoms with Gasteiger partial charge in [0.15, 0.2) is 0 Å². The molecule has 6 heteroatoms. The van der Waals surface area contributed by atoms with Gasteiger partial charge in [0.25, 0.3) is 11.5 Å². The van der Waals surface area contributed by atoms with Crippen molar-refractivity contribution in [2.24, 2.45) is 5.10 Å². The highest BCUT2D eigenvalue weighted by molar-refractivity contribution is 6.01. The van der Waals surface area contributed by atoms with E-state index in [1.807, 2.05) is 48.5 Å². The molecule has 1 amide bonds. The van der Waals surface area contributed by atoms with Crippen LogP contribution >= 0.6 is 0 Å². The average Bonchev–Trinajstić information content (AvgIpc) is 2.67. The first-order valence-electron chi connectivity index (χ1n) is 8.29. The second-order valence-corrected chi connectivity index (χ2v) is 6.06. The summed E-state index contributed by atoms with van der Waals surface area (Å²) in [4.78, 5) is 27.2. The molecular formula is C21H15N3O3. The topological polar surface area (TPSA) is 94.5 Å². The molecule has 0 aliphatic carbocycles. The third-order valence-electron chi connectivity index (χ3n) is 4.26. The fourth-order valence-electron chi connectivity index (χ4n) is 2.89. The number of hydrogen-bond donors (Lipinski definition) is 3. The summed E-state index contributed by atoms with van der Waals surface area (Å²) >= 11 is 0. The number of rotatable bonds is 3. The van der Waals surface area contributed by atoms with Crippen LogP contribution in [0.4, 0.5) is 0 Å². The van der Waals surface area contributed by atoms with Crippen molar-refractivity contribution in [1.29, 1.82) is 0 Å². The van der Waals surface area contributed by atoms with Crippen molar-refractivity contribution < 1.29 is 9.90 Å². The maximum atomic E-state index is 12.3. The highest BCUT2D eigenvalue weighted by Crippen LogP contribution is 2.24. The van der Waals surface area contributed by atoms with E-state index in [0.717, 1.165) is 21.7 Å². The van der Waals surface area contributed by atoms with Crippen molar-refractivity contribution in [3.8, 4) is 5.75 Å². The largest absolute Gasteiger partial charge is 0.507 e. The van der Waals surface area contributed by atoms with Crippen molar-refractivity contribution in [1.82, 2.24) is 10.4 Å². The number of fused-ring (bicyclic) bond motifs is 2. The lowest BCUT2D eigenvalue weighted by molar-refractivity contribution is 0.0952. The molecule has 0 aliphatic heterocycles. The van der Waals surface area contributed by atoms with Gasteiger partial charge in [-0.2, -0.15) is 5.10 Å². The Morgan fingerprint density at radius 1 is 0.963 bits per heavy atom. The van der Waals surface area contributed by atoms with Gasteiger partial charge >= 0.3 is 0 Å². The summed E-state index contributed by atoms with van der Waals surface area (Å²) in [6.07, 6.45) is 1.28. The van der Waals surface area contributed by atoms with Crippen LogP contribution in [0.25, 0.3) is 21.7 Å². The predicted molar refractivity (Wildman–Crippen MR) is 105 cm³/mol. The molecule has 3 aromatic carbocycles. The van der Waals surface area contributed by atoms with E-state index in [4.69, 9.17) is 0 Å². The van der Waals surface area contributed by atoms with Crippen molar-refractivity contribution in [3.05, 3.63) is 88.2 Å². The Balaban J connectivity index is 1.58. The number of para-hydroxylation sites is 1. The summed E-state index contributed by atoms with van der Waals surface area (Å²) in [6, 6.07) is 19.6. The molecule has 6 nitrogen and oxygen atoms in total. The molecule has 3 N–H and O–H groups in total. The van der Waals surface area contributed by atoms with E-state index in [0.29, 0.717) is 5.56 Å². The van der Waals surface area contributed by atoms with Gasteiger partial charge in [0, 0.05) is 5.52 Å². The number of carbonyl (C=O) groups excluding carboxylic acids is 1. The number of benzene rings is 3. The van der Waals surface area contributed by atoms with Gasteiger partial charge in [-0.3, -0.25) is 9.59 Å². The lowest BCUT2D eigenvalue weighted by atomic mass is 10.1. The molecule has 0 unspecified atom stereocenters. The number of phenolic OH excluding ortho intramolecular Hbond substituents is 1. The number of nitrogens with zero attached hydrogens (tertiary/aromatic N) is 1. The Hall–Kier alpha value is -3.93. The third-order valence-corrected chi connectivity index (χ3v) is 4.26.